The Kier molecular flexibility index (Phi) is 7.24. The molecule has 0 heterocycles. The molecule has 0 aliphatic heterocycles. The highest BCUT2D eigenvalue weighted by Crippen LogP contribution is 2.26. The van der Waals surface area contributed by atoms with Crippen LogP contribution in [0.2, 0.25) is 0 Å². The van der Waals surface area contributed by atoms with Crippen molar-refractivity contribution in [1.82, 2.24) is 0 Å². The summed E-state index contributed by atoms with van der Waals surface area (Å²) in [5, 5.41) is 44.1. The van der Waals surface area contributed by atoms with Crippen LogP contribution in [-0.4, -0.2) is 44.9 Å². The van der Waals surface area contributed by atoms with Crippen LogP contribution in [-0.2, 0) is 4.79 Å². The zero-order valence-electron chi connectivity index (χ0n) is 17.4. The van der Waals surface area contributed by atoms with Gasteiger partial charge < -0.3 is 15.5 Å². The molecule has 172 valence electrons. The van der Waals surface area contributed by atoms with Crippen LogP contribution in [0, 0.1) is 20.2 Å². The zero-order chi connectivity index (χ0) is 24.7. The smallest absolute Gasteiger partial charge is 0.270 e. The summed E-state index contributed by atoms with van der Waals surface area (Å²) in [6, 6.07) is 13.4. The molecule has 3 aromatic rings. The van der Waals surface area contributed by atoms with Gasteiger partial charge in [-0.15, -0.1) is 0 Å². The van der Waals surface area contributed by atoms with Gasteiger partial charge in [0.05, 0.1) is 21.2 Å². The van der Waals surface area contributed by atoms with Gasteiger partial charge in [-0.25, -0.2) is 0 Å². The molecule has 3 N–H and O–H groups in total. The van der Waals surface area contributed by atoms with Crippen LogP contribution in [0.3, 0.4) is 0 Å². The van der Waals surface area contributed by atoms with Gasteiger partial charge in [-0.05, 0) is 24.3 Å². The van der Waals surface area contributed by atoms with Gasteiger partial charge in [-0.3, -0.25) is 35.0 Å². The maximum Gasteiger partial charge on any atom is 0.270 e. The van der Waals surface area contributed by atoms with Crippen LogP contribution < -0.4 is 5.32 Å². The van der Waals surface area contributed by atoms with Crippen molar-refractivity contribution in [3.05, 3.63) is 92.0 Å². The minimum Gasteiger partial charge on any atom is -0.507 e. The maximum atomic E-state index is 12.3. The average Bonchev–Trinajstić information content (AvgIpc) is 2.80. The number of benzene rings is 3. The van der Waals surface area contributed by atoms with E-state index in [1.54, 1.807) is 24.3 Å². The number of nitro groups is 2. The summed E-state index contributed by atoms with van der Waals surface area (Å²) in [4.78, 5) is 41.0. The Morgan fingerprint density at radius 2 is 1.44 bits per heavy atom. The van der Waals surface area contributed by atoms with Crippen molar-refractivity contribution < 1.29 is 24.9 Å². The first-order chi connectivity index (χ1) is 16.2. The molecule has 0 saturated heterocycles. The summed E-state index contributed by atoms with van der Waals surface area (Å²) in [5.41, 5.74) is 0.406. The molecule has 0 radical (unpaired) electrons. The number of nitrogens with one attached hydrogen (secondary N) is 1. The Morgan fingerprint density at radius 3 is 2.03 bits per heavy atom. The largest absolute Gasteiger partial charge is 0.507 e. The quantitative estimate of drug-likeness (QED) is 0.258. The van der Waals surface area contributed by atoms with Gasteiger partial charge in [0.2, 0.25) is 5.91 Å². The number of hydrogen-bond acceptors (Lipinski definition) is 9. The molecule has 34 heavy (non-hydrogen) atoms. The second kappa shape index (κ2) is 10.5. The summed E-state index contributed by atoms with van der Waals surface area (Å²) < 4.78 is 0. The molecule has 3 rings (SSSR count). The highest BCUT2D eigenvalue weighted by atomic mass is 16.6. The number of anilines is 1. The van der Waals surface area contributed by atoms with Crippen LogP contribution in [0.5, 0.6) is 11.5 Å². The predicted octanol–water partition coefficient (Wildman–Crippen LogP) is 3.72. The van der Waals surface area contributed by atoms with Gasteiger partial charge in [0.15, 0.2) is 0 Å². The Hall–Kier alpha value is -5.13. The number of hydrogen-bond donors (Lipinski definition) is 3. The highest BCUT2D eigenvalue weighted by molar-refractivity contribution is 5.97. The Labute approximate surface area is 191 Å². The molecule has 0 bridgehead atoms. The third-order valence-corrected chi connectivity index (χ3v) is 4.43. The second-order valence-corrected chi connectivity index (χ2v) is 6.79. The summed E-state index contributed by atoms with van der Waals surface area (Å²) in [6.07, 6.45) is 2.38. The topological polar surface area (TPSA) is 181 Å². The molecule has 0 atom stereocenters. The maximum absolute atomic E-state index is 12.3. The van der Waals surface area contributed by atoms with Crippen LogP contribution in [0.1, 0.15) is 11.1 Å². The van der Waals surface area contributed by atoms with E-state index in [4.69, 9.17) is 0 Å². The fourth-order valence-corrected chi connectivity index (χ4v) is 2.77. The molecule has 0 unspecified atom stereocenters. The lowest BCUT2D eigenvalue weighted by Crippen LogP contribution is -2.15. The number of nitrogens with zero attached hydrogens (tertiary/aromatic N) is 4. The fraction of sp³-hybridized carbons (Fsp3) is 0.0455. The molecule has 12 nitrogen and oxygen atoms in total. The predicted molar refractivity (Wildman–Crippen MR) is 124 cm³/mol. The monoisotopic (exact) mass is 463 g/mol. The van der Waals surface area contributed by atoms with Crippen molar-refractivity contribution in [2.75, 3.05) is 11.9 Å². The Balaban J connectivity index is 1.71. The molecule has 0 aliphatic carbocycles. The lowest BCUT2D eigenvalue weighted by molar-refractivity contribution is -0.385. The lowest BCUT2D eigenvalue weighted by Gasteiger charge is -2.07. The van der Waals surface area contributed by atoms with Crippen molar-refractivity contribution in [2.24, 2.45) is 9.98 Å². The standard InChI is InChI=1S/C22H17N5O7/c28-20-7-5-16(26(31)32)9-14(20)11-23-13-22(30)25-19-4-2-1-3-18(19)24-12-15-10-17(27(33)34)6-8-21(15)29/h1-12,28-29H,13H2,(H,25,30). The van der Waals surface area contributed by atoms with E-state index in [2.05, 4.69) is 15.3 Å². The number of nitro benzene ring substituents is 2. The first kappa shape index (κ1) is 23.5. The first-order valence-corrected chi connectivity index (χ1v) is 9.62. The van der Waals surface area contributed by atoms with E-state index in [0.29, 0.717) is 11.4 Å². The lowest BCUT2D eigenvalue weighted by atomic mass is 10.2. The summed E-state index contributed by atoms with van der Waals surface area (Å²) in [6.45, 7) is -0.341. The molecule has 12 heteroatoms. The van der Waals surface area contributed by atoms with Crippen LogP contribution in [0.15, 0.2) is 70.6 Å². The number of rotatable bonds is 8. The van der Waals surface area contributed by atoms with Gasteiger partial charge in [0.1, 0.15) is 18.0 Å². The van der Waals surface area contributed by atoms with E-state index in [1.165, 1.54) is 12.3 Å². The van der Waals surface area contributed by atoms with E-state index in [9.17, 15) is 35.2 Å². The van der Waals surface area contributed by atoms with Crippen molar-refractivity contribution in [1.29, 1.82) is 0 Å². The normalized spacial score (nSPS) is 11.1. The Morgan fingerprint density at radius 1 is 0.882 bits per heavy atom. The van der Waals surface area contributed by atoms with Gasteiger partial charge in [-0.2, -0.15) is 0 Å². The fourth-order valence-electron chi connectivity index (χ4n) is 2.77. The number of aliphatic imine (C=N–C) groups is 2. The van der Waals surface area contributed by atoms with Crippen LogP contribution in [0.4, 0.5) is 22.7 Å². The van der Waals surface area contributed by atoms with Crippen molar-refractivity contribution in [3.63, 3.8) is 0 Å². The van der Waals surface area contributed by atoms with Gasteiger partial charge >= 0.3 is 0 Å². The van der Waals surface area contributed by atoms with E-state index in [0.717, 1.165) is 36.5 Å². The molecular weight excluding hydrogens is 446 g/mol. The van der Waals surface area contributed by atoms with E-state index < -0.39 is 15.8 Å². The number of carbonyl (C=O) groups excluding carboxylic acids is 1. The average molecular weight is 463 g/mol. The first-order valence-electron chi connectivity index (χ1n) is 9.62. The zero-order valence-corrected chi connectivity index (χ0v) is 17.4. The molecule has 0 spiro atoms. The number of para-hydroxylation sites is 2. The number of amides is 1. The minimum atomic E-state index is -0.617. The van der Waals surface area contributed by atoms with Crippen molar-refractivity contribution in [2.45, 2.75) is 0 Å². The van der Waals surface area contributed by atoms with Gasteiger partial charge in [0, 0.05) is 47.8 Å². The third-order valence-electron chi connectivity index (χ3n) is 4.43. The molecule has 1 amide bonds. The summed E-state index contributed by atoms with van der Waals surface area (Å²) in [5.74, 6) is -0.949. The molecule has 0 saturated carbocycles. The SMILES string of the molecule is O=C(CN=Cc1cc([N+](=O)[O-])ccc1O)Nc1ccccc1N=Cc1cc([N+](=O)[O-])ccc1O. The number of phenolic OH excluding ortho intramolecular Hbond substituents is 2. The number of aromatic hydroxyl groups is 2. The summed E-state index contributed by atoms with van der Waals surface area (Å²) in [7, 11) is 0. The number of non-ortho nitro benzene ring substituents is 2. The number of phenols is 2. The number of carbonyl (C=O) groups is 1. The van der Waals surface area contributed by atoms with Gasteiger partial charge in [0.25, 0.3) is 11.4 Å². The van der Waals surface area contributed by atoms with Crippen LogP contribution in [0.25, 0.3) is 0 Å². The highest BCUT2D eigenvalue weighted by Gasteiger charge is 2.11. The minimum absolute atomic E-state index is 0.0868. The molecular formula is C22H17N5O7. The van der Waals surface area contributed by atoms with E-state index >= 15 is 0 Å². The molecule has 0 aromatic heterocycles. The van der Waals surface area contributed by atoms with Crippen LogP contribution >= 0.6 is 0 Å². The molecule has 3 aromatic carbocycles. The second-order valence-electron chi connectivity index (χ2n) is 6.79. The van der Waals surface area contributed by atoms with Crippen molar-refractivity contribution in [3.8, 4) is 11.5 Å². The Bertz CT molecular complexity index is 1320. The third kappa shape index (κ3) is 5.97. The summed E-state index contributed by atoms with van der Waals surface area (Å²) >= 11 is 0. The molecule has 0 fully saturated rings. The van der Waals surface area contributed by atoms with E-state index in [-0.39, 0.29) is 40.5 Å². The van der Waals surface area contributed by atoms with E-state index in [1.807, 2.05) is 0 Å². The van der Waals surface area contributed by atoms with Crippen molar-refractivity contribution >= 4 is 41.1 Å². The van der Waals surface area contributed by atoms with Gasteiger partial charge in [-0.1, -0.05) is 12.1 Å². The molecule has 0 aliphatic rings.